The Balaban J connectivity index is 3.42. The van der Waals surface area contributed by atoms with Gasteiger partial charge in [-0.1, -0.05) is 22.9 Å². The monoisotopic (exact) mass is 236 g/mol. The van der Waals surface area contributed by atoms with Crippen LogP contribution in [0.5, 0.6) is 0 Å². The van der Waals surface area contributed by atoms with Gasteiger partial charge in [-0.25, -0.2) is 0 Å². The molecule has 2 heteroatoms. The van der Waals surface area contributed by atoms with Gasteiger partial charge < -0.3 is 4.74 Å². The van der Waals surface area contributed by atoms with Crippen LogP contribution in [0.15, 0.2) is 0 Å². The van der Waals surface area contributed by atoms with Crippen LogP contribution >= 0.6 is 15.9 Å². The van der Waals surface area contributed by atoms with Crippen LogP contribution in [0.1, 0.15) is 46.5 Å². The van der Waals surface area contributed by atoms with Gasteiger partial charge >= 0.3 is 0 Å². The molecule has 0 spiro atoms. The molecule has 0 heterocycles. The quantitative estimate of drug-likeness (QED) is 0.639. The van der Waals surface area contributed by atoms with Crippen LogP contribution in [0.2, 0.25) is 0 Å². The van der Waals surface area contributed by atoms with Crippen molar-refractivity contribution in [2.24, 2.45) is 0 Å². The fourth-order valence-electron chi connectivity index (χ4n) is 1.06. The standard InChI is InChI=1S/C10H21BrO/c1-5-9(11)7-6-8-10(2,3)12-4/h9H,5-8H2,1-4H3. The molecule has 12 heavy (non-hydrogen) atoms. The zero-order valence-corrected chi connectivity index (χ0v) is 10.3. The molecule has 0 aromatic heterocycles. The molecule has 0 rings (SSSR count). The Labute approximate surface area is 85.0 Å². The highest BCUT2D eigenvalue weighted by molar-refractivity contribution is 9.09. The van der Waals surface area contributed by atoms with Crippen LogP contribution in [-0.2, 0) is 4.74 Å². The molecular formula is C10H21BrO. The number of halogens is 1. The summed E-state index contributed by atoms with van der Waals surface area (Å²) in [6, 6.07) is 0. The van der Waals surface area contributed by atoms with Gasteiger partial charge in [-0.05, 0) is 39.5 Å². The number of methoxy groups -OCH3 is 1. The molecule has 74 valence electrons. The first-order valence-electron chi connectivity index (χ1n) is 4.71. The topological polar surface area (TPSA) is 9.23 Å². The van der Waals surface area contributed by atoms with E-state index >= 15 is 0 Å². The lowest BCUT2D eigenvalue weighted by molar-refractivity contribution is 0.0135. The van der Waals surface area contributed by atoms with E-state index in [-0.39, 0.29) is 5.60 Å². The molecule has 0 amide bonds. The lowest BCUT2D eigenvalue weighted by Gasteiger charge is -2.23. The van der Waals surface area contributed by atoms with Crippen molar-refractivity contribution >= 4 is 15.9 Å². The van der Waals surface area contributed by atoms with Gasteiger partial charge in [0.05, 0.1) is 5.60 Å². The highest BCUT2D eigenvalue weighted by atomic mass is 79.9. The van der Waals surface area contributed by atoms with Crippen LogP contribution in [0.25, 0.3) is 0 Å². The Morgan fingerprint density at radius 2 is 2.00 bits per heavy atom. The molecule has 0 aliphatic carbocycles. The highest BCUT2D eigenvalue weighted by Crippen LogP contribution is 2.20. The van der Waals surface area contributed by atoms with Gasteiger partial charge in [0.2, 0.25) is 0 Å². The van der Waals surface area contributed by atoms with E-state index in [1.54, 1.807) is 7.11 Å². The second-order valence-corrected chi connectivity index (χ2v) is 5.16. The zero-order valence-electron chi connectivity index (χ0n) is 8.69. The van der Waals surface area contributed by atoms with Gasteiger partial charge in [0.25, 0.3) is 0 Å². The van der Waals surface area contributed by atoms with Crippen molar-refractivity contribution in [2.75, 3.05) is 7.11 Å². The minimum Gasteiger partial charge on any atom is -0.379 e. The van der Waals surface area contributed by atoms with Crippen molar-refractivity contribution in [1.82, 2.24) is 0 Å². The van der Waals surface area contributed by atoms with Gasteiger partial charge in [-0.15, -0.1) is 0 Å². The van der Waals surface area contributed by atoms with Gasteiger partial charge in [-0.2, -0.15) is 0 Å². The highest BCUT2D eigenvalue weighted by Gasteiger charge is 2.15. The fraction of sp³-hybridized carbons (Fsp3) is 1.00. The third-order valence-corrected chi connectivity index (χ3v) is 3.40. The number of hydrogen-bond acceptors (Lipinski definition) is 1. The smallest absolute Gasteiger partial charge is 0.0622 e. The molecule has 1 nitrogen and oxygen atoms in total. The molecule has 0 saturated heterocycles. The summed E-state index contributed by atoms with van der Waals surface area (Å²) in [7, 11) is 1.78. The Hall–Kier alpha value is 0.440. The maximum atomic E-state index is 5.34. The van der Waals surface area contributed by atoms with Crippen molar-refractivity contribution in [3.05, 3.63) is 0 Å². The second kappa shape index (κ2) is 5.98. The van der Waals surface area contributed by atoms with Crippen molar-refractivity contribution in [2.45, 2.75) is 56.9 Å². The maximum Gasteiger partial charge on any atom is 0.0622 e. The Kier molecular flexibility index (Phi) is 6.20. The van der Waals surface area contributed by atoms with Gasteiger partial charge in [0, 0.05) is 11.9 Å². The van der Waals surface area contributed by atoms with Crippen molar-refractivity contribution in [1.29, 1.82) is 0 Å². The lowest BCUT2D eigenvalue weighted by Crippen LogP contribution is -2.22. The molecule has 0 saturated carbocycles. The first-order chi connectivity index (χ1) is 5.52. The van der Waals surface area contributed by atoms with E-state index in [1.807, 2.05) is 0 Å². The van der Waals surface area contributed by atoms with E-state index in [0.717, 1.165) is 6.42 Å². The summed E-state index contributed by atoms with van der Waals surface area (Å²) >= 11 is 3.63. The lowest BCUT2D eigenvalue weighted by atomic mass is 10.00. The van der Waals surface area contributed by atoms with E-state index in [9.17, 15) is 0 Å². The second-order valence-electron chi connectivity index (χ2n) is 3.86. The molecule has 0 fully saturated rings. The van der Waals surface area contributed by atoms with Crippen molar-refractivity contribution in [3.63, 3.8) is 0 Å². The van der Waals surface area contributed by atoms with Crippen molar-refractivity contribution < 1.29 is 4.74 Å². The molecule has 1 unspecified atom stereocenters. The van der Waals surface area contributed by atoms with E-state index in [2.05, 4.69) is 36.7 Å². The van der Waals surface area contributed by atoms with Crippen LogP contribution in [0.4, 0.5) is 0 Å². The van der Waals surface area contributed by atoms with Crippen LogP contribution in [0.3, 0.4) is 0 Å². The van der Waals surface area contributed by atoms with Gasteiger partial charge in [0.1, 0.15) is 0 Å². The summed E-state index contributed by atoms with van der Waals surface area (Å²) in [5.74, 6) is 0. The predicted molar refractivity (Wildman–Crippen MR) is 57.9 cm³/mol. The van der Waals surface area contributed by atoms with Crippen LogP contribution in [0, 0.1) is 0 Å². The van der Waals surface area contributed by atoms with Gasteiger partial charge in [0.15, 0.2) is 0 Å². The Morgan fingerprint density at radius 1 is 1.42 bits per heavy atom. The molecule has 0 N–H and O–H groups in total. The maximum absolute atomic E-state index is 5.34. The average Bonchev–Trinajstić information content (AvgIpc) is 2.04. The molecule has 0 aliphatic rings. The number of ether oxygens (including phenoxy) is 1. The SMILES string of the molecule is CCC(Br)CCCC(C)(C)OC. The number of hydrogen-bond donors (Lipinski definition) is 0. The summed E-state index contributed by atoms with van der Waals surface area (Å²) in [5.41, 5.74) is 0.0560. The third kappa shape index (κ3) is 6.01. The molecular weight excluding hydrogens is 216 g/mol. The van der Waals surface area contributed by atoms with Gasteiger partial charge in [-0.3, -0.25) is 0 Å². The first-order valence-corrected chi connectivity index (χ1v) is 5.62. The molecule has 0 bridgehead atoms. The fourth-order valence-corrected chi connectivity index (χ4v) is 1.38. The zero-order chi connectivity index (χ0) is 9.61. The van der Waals surface area contributed by atoms with E-state index in [0.29, 0.717) is 4.83 Å². The van der Waals surface area contributed by atoms with E-state index < -0.39 is 0 Å². The third-order valence-electron chi connectivity index (χ3n) is 2.29. The number of rotatable bonds is 6. The van der Waals surface area contributed by atoms with Crippen LogP contribution < -0.4 is 0 Å². The summed E-state index contributed by atoms with van der Waals surface area (Å²) in [6.45, 7) is 6.49. The summed E-state index contributed by atoms with van der Waals surface area (Å²) < 4.78 is 5.34. The largest absolute Gasteiger partial charge is 0.379 e. The summed E-state index contributed by atoms with van der Waals surface area (Å²) in [6.07, 6.45) is 4.85. The Bertz CT molecular complexity index is 112. The number of alkyl halides is 1. The molecule has 1 atom stereocenters. The summed E-state index contributed by atoms with van der Waals surface area (Å²) in [4.78, 5) is 0.685. The van der Waals surface area contributed by atoms with Crippen LogP contribution in [-0.4, -0.2) is 17.5 Å². The Morgan fingerprint density at radius 3 is 2.42 bits per heavy atom. The predicted octanol–water partition coefficient (Wildman–Crippen LogP) is 3.76. The summed E-state index contributed by atoms with van der Waals surface area (Å²) in [5, 5.41) is 0. The molecule has 0 aromatic rings. The normalized spacial score (nSPS) is 14.8. The van der Waals surface area contributed by atoms with E-state index in [4.69, 9.17) is 4.74 Å². The first kappa shape index (κ1) is 12.4. The minimum atomic E-state index is 0.0560. The average molecular weight is 237 g/mol. The molecule has 0 aliphatic heterocycles. The van der Waals surface area contributed by atoms with Crippen molar-refractivity contribution in [3.8, 4) is 0 Å². The molecule has 0 aromatic carbocycles. The minimum absolute atomic E-state index is 0.0560. The molecule has 0 radical (unpaired) electrons. The van der Waals surface area contributed by atoms with E-state index in [1.165, 1.54) is 19.3 Å².